The summed E-state index contributed by atoms with van der Waals surface area (Å²) in [4.78, 5) is 10.4. The third kappa shape index (κ3) is 2.17. The fourth-order valence-electron chi connectivity index (χ4n) is 0.771. The van der Waals surface area contributed by atoms with Crippen LogP contribution in [-0.2, 0) is 11.3 Å². The highest BCUT2D eigenvalue weighted by atomic mass is 16.4. The Bertz CT molecular complexity index is 386. The van der Waals surface area contributed by atoms with Crippen molar-refractivity contribution in [2.24, 2.45) is 0 Å². The Hall–Kier alpha value is -2.09. The highest BCUT2D eigenvalue weighted by Crippen LogP contribution is 1.99. The number of rotatable bonds is 3. The summed E-state index contributed by atoms with van der Waals surface area (Å²) in [5.41, 5.74) is 0.436. The lowest BCUT2D eigenvalue weighted by Gasteiger charge is -1.98. The van der Waals surface area contributed by atoms with E-state index in [0.717, 1.165) is 0 Å². The molecule has 0 saturated heterocycles. The summed E-state index contributed by atoms with van der Waals surface area (Å²) < 4.78 is 1.36. The molecule has 0 aliphatic rings. The molecule has 0 atom stereocenters. The zero-order chi connectivity index (χ0) is 9.84. The molecule has 1 aromatic heterocycles. The topological polar surface area (TPSA) is 78.9 Å². The van der Waals surface area contributed by atoms with Crippen molar-refractivity contribution in [1.29, 1.82) is 5.26 Å². The van der Waals surface area contributed by atoms with Crippen LogP contribution in [0.15, 0.2) is 24.5 Å². The third-order valence-corrected chi connectivity index (χ3v) is 1.42. The van der Waals surface area contributed by atoms with Crippen molar-refractivity contribution in [1.82, 2.24) is 9.78 Å². The Labute approximate surface area is 74.5 Å². The maximum absolute atomic E-state index is 10.4. The van der Waals surface area contributed by atoms with Gasteiger partial charge in [-0.05, 0) is 0 Å². The summed E-state index contributed by atoms with van der Waals surface area (Å²) in [6.45, 7) is 3.44. The molecular formula is C8H7N3O2. The fourth-order valence-corrected chi connectivity index (χ4v) is 0.771. The largest absolute Gasteiger partial charge is 0.478 e. The van der Waals surface area contributed by atoms with Crippen molar-refractivity contribution >= 4 is 5.97 Å². The highest BCUT2D eigenvalue weighted by molar-refractivity contribution is 5.85. The molecule has 0 unspecified atom stereocenters. The van der Waals surface area contributed by atoms with Crippen LogP contribution in [0, 0.1) is 11.3 Å². The molecular weight excluding hydrogens is 170 g/mol. The number of hydrogen-bond donors (Lipinski definition) is 1. The molecule has 0 radical (unpaired) electrons. The Morgan fingerprint density at radius 3 is 3.00 bits per heavy atom. The van der Waals surface area contributed by atoms with Gasteiger partial charge in [0.05, 0.1) is 23.9 Å². The van der Waals surface area contributed by atoms with Crippen LogP contribution in [0.3, 0.4) is 0 Å². The summed E-state index contributed by atoms with van der Waals surface area (Å²) in [5.74, 6) is -1.06. The lowest BCUT2D eigenvalue weighted by molar-refractivity contribution is -0.132. The molecule has 1 heterocycles. The molecule has 0 fully saturated rings. The minimum absolute atomic E-state index is 0.0348. The van der Waals surface area contributed by atoms with Gasteiger partial charge in [0.15, 0.2) is 0 Å². The monoisotopic (exact) mass is 177 g/mol. The summed E-state index contributed by atoms with van der Waals surface area (Å²) >= 11 is 0. The smallest absolute Gasteiger partial charge is 0.332 e. The SMILES string of the molecule is C=C(Cn1cc(C#N)cn1)C(=O)O. The van der Waals surface area contributed by atoms with Crippen molar-refractivity contribution < 1.29 is 9.90 Å². The van der Waals surface area contributed by atoms with Crippen LogP contribution in [0.5, 0.6) is 0 Å². The van der Waals surface area contributed by atoms with E-state index in [9.17, 15) is 4.79 Å². The lowest BCUT2D eigenvalue weighted by atomic mass is 10.3. The van der Waals surface area contributed by atoms with Crippen LogP contribution in [0.25, 0.3) is 0 Å². The molecule has 0 bridgehead atoms. The predicted octanol–water partition coefficient (Wildman–Crippen LogP) is 0.396. The molecule has 0 aliphatic heterocycles. The second-order valence-electron chi connectivity index (χ2n) is 2.45. The highest BCUT2D eigenvalue weighted by Gasteiger charge is 2.05. The quantitative estimate of drug-likeness (QED) is 0.677. The van der Waals surface area contributed by atoms with E-state index in [0.29, 0.717) is 5.56 Å². The van der Waals surface area contributed by atoms with Gasteiger partial charge in [0, 0.05) is 6.20 Å². The van der Waals surface area contributed by atoms with Gasteiger partial charge in [-0.15, -0.1) is 0 Å². The van der Waals surface area contributed by atoms with Crippen LogP contribution in [0.1, 0.15) is 5.56 Å². The molecule has 0 spiro atoms. The van der Waals surface area contributed by atoms with Gasteiger partial charge in [0.2, 0.25) is 0 Å². The number of hydrogen-bond acceptors (Lipinski definition) is 3. The van der Waals surface area contributed by atoms with E-state index in [2.05, 4.69) is 11.7 Å². The summed E-state index contributed by atoms with van der Waals surface area (Å²) in [6.07, 6.45) is 2.84. The van der Waals surface area contributed by atoms with Crippen LogP contribution < -0.4 is 0 Å². The third-order valence-electron chi connectivity index (χ3n) is 1.42. The summed E-state index contributed by atoms with van der Waals surface area (Å²) in [6, 6.07) is 1.89. The first-order valence-electron chi connectivity index (χ1n) is 3.47. The van der Waals surface area contributed by atoms with Gasteiger partial charge in [-0.1, -0.05) is 6.58 Å². The number of carboxylic acid groups (broad SMARTS) is 1. The normalized spacial score (nSPS) is 9.15. The summed E-state index contributed by atoms with van der Waals surface area (Å²) in [5, 5.41) is 20.7. The van der Waals surface area contributed by atoms with Gasteiger partial charge in [-0.3, -0.25) is 4.68 Å². The second kappa shape index (κ2) is 3.54. The molecule has 0 amide bonds. The Morgan fingerprint density at radius 2 is 2.54 bits per heavy atom. The molecule has 0 aliphatic carbocycles. The van der Waals surface area contributed by atoms with Crippen molar-refractivity contribution in [3.05, 3.63) is 30.1 Å². The van der Waals surface area contributed by atoms with E-state index >= 15 is 0 Å². The van der Waals surface area contributed by atoms with Crippen LogP contribution in [0.4, 0.5) is 0 Å². The fraction of sp³-hybridized carbons (Fsp3) is 0.125. The lowest BCUT2D eigenvalue weighted by Crippen LogP contribution is -2.08. The summed E-state index contributed by atoms with van der Waals surface area (Å²) in [7, 11) is 0. The first-order valence-corrected chi connectivity index (χ1v) is 3.47. The van der Waals surface area contributed by atoms with Crippen molar-refractivity contribution in [3.63, 3.8) is 0 Å². The maximum atomic E-state index is 10.4. The second-order valence-corrected chi connectivity index (χ2v) is 2.45. The Kier molecular flexibility index (Phi) is 2.45. The molecule has 5 nitrogen and oxygen atoms in total. The molecule has 5 heteroatoms. The average molecular weight is 177 g/mol. The van der Waals surface area contributed by atoms with E-state index in [-0.39, 0.29) is 12.1 Å². The van der Waals surface area contributed by atoms with Gasteiger partial charge in [0.25, 0.3) is 0 Å². The Morgan fingerprint density at radius 1 is 1.85 bits per heavy atom. The zero-order valence-electron chi connectivity index (χ0n) is 6.77. The van der Waals surface area contributed by atoms with E-state index < -0.39 is 5.97 Å². The first kappa shape index (κ1) is 9.00. The number of nitriles is 1. The Balaban J connectivity index is 2.71. The van der Waals surface area contributed by atoms with Gasteiger partial charge in [-0.2, -0.15) is 10.4 Å². The molecule has 0 aromatic carbocycles. The number of aromatic nitrogens is 2. The van der Waals surface area contributed by atoms with Crippen LogP contribution in [-0.4, -0.2) is 20.9 Å². The number of nitrogens with zero attached hydrogens (tertiary/aromatic N) is 3. The molecule has 1 rings (SSSR count). The van der Waals surface area contributed by atoms with E-state index in [4.69, 9.17) is 10.4 Å². The van der Waals surface area contributed by atoms with E-state index in [1.807, 2.05) is 6.07 Å². The first-order chi connectivity index (χ1) is 6.13. The minimum atomic E-state index is -1.06. The van der Waals surface area contributed by atoms with Crippen LogP contribution in [0.2, 0.25) is 0 Å². The van der Waals surface area contributed by atoms with Crippen molar-refractivity contribution in [2.75, 3.05) is 0 Å². The number of carboxylic acids is 1. The molecule has 0 saturated carbocycles. The predicted molar refractivity (Wildman–Crippen MR) is 43.7 cm³/mol. The molecule has 1 aromatic rings. The molecule has 1 N–H and O–H groups in total. The van der Waals surface area contributed by atoms with E-state index in [1.165, 1.54) is 17.1 Å². The van der Waals surface area contributed by atoms with Gasteiger partial charge in [-0.25, -0.2) is 4.79 Å². The molecule has 66 valence electrons. The molecule has 13 heavy (non-hydrogen) atoms. The van der Waals surface area contributed by atoms with E-state index in [1.54, 1.807) is 0 Å². The zero-order valence-corrected chi connectivity index (χ0v) is 6.77. The number of carbonyl (C=O) groups is 1. The van der Waals surface area contributed by atoms with Gasteiger partial charge in [0.1, 0.15) is 6.07 Å². The standard InChI is InChI=1S/C8H7N3O2/c1-6(8(12)13)4-11-5-7(2-9)3-10-11/h3,5H,1,4H2,(H,12,13). The van der Waals surface area contributed by atoms with Gasteiger partial charge >= 0.3 is 5.97 Å². The van der Waals surface area contributed by atoms with Crippen molar-refractivity contribution in [3.8, 4) is 6.07 Å². The minimum Gasteiger partial charge on any atom is -0.478 e. The maximum Gasteiger partial charge on any atom is 0.332 e. The number of aliphatic carboxylic acids is 1. The average Bonchev–Trinajstić information content (AvgIpc) is 2.52. The van der Waals surface area contributed by atoms with Crippen molar-refractivity contribution in [2.45, 2.75) is 6.54 Å². The van der Waals surface area contributed by atoms with Crippen LogP contribution >= 0.6 is 0 Å². The van der Waals surface area contributed by atoms with Gasteiger partial charge < -0.3 is 5.11 Å².